The molecule has 17 heavy (non-hydrogen) atoms. The van der Waals surface area contributed by atoms with Crippen molar-refractivity contribution in [3.63, 3.8) is 0 Å². The summed E-state index contributed by atoms with van der Waals surface area (Å²) in [5.41, 5.74) is 2.81. The minimum absolute atomic E-state index is 0.645. The van der Waals surface area contributed by atoms with Crippen LogP contribution in [0.4, 0.5) is 0 Å². The van der Waals surface area contributed by atoms with Gasteiger partial charge in [-0.15, -0.1) is 0 Å². The van der Waals surface area contributed by atoms with Gasteiger partial charge in [-0.1, -0.05) is 19.8 Å². The summed E-state index contributed by atoms with van der Waals surface area (Å²) in [6, 6.07) is 0.645. The van der Waals surface area contributed by atoms with Gasteiger partial charge in [-0.05, 0) is 19.3 Å². The Labute approximate surface area is 104 Å². The lowest BCUT2D eigenvalue weighted by atomic mass is 10.1. The van der Waals surface area contributed by atoms with Crippen LogP contribution in [0.25, 0.3) is 0 Å². The highest BCUT2D eigenvalue weighted by atomic mass is 15.1. The Morgan fingerprint density at radius 3 is 3.00 bits per heavy atom. The lowest BCUT2D eigenvalue weighted by molar-refractivity contribution is 0.444. The second-order valence-electron chi connectivity index (χ2n) is 5.60. The van der Waals surface area contributed by atoms with Crippen LogP contribution in [0.15, 0.2) is 0 Å². The molecular formula is C14H23N3. The lowest BCUT2D eigenvalue weighted by Crippen LogP contribution is -2.25. The minimum atomic E-state index is 0.645. The number of hydrogen-bond donors (Lipinski definition) is 1. The first-order chi connectivity index (χ1) is 8.29. The molecule has 1 aliphatic heterocycles. The number of aromatic nitrogens is 2. The quantitative estimate of drug-likeness (QED) is 0.865. The first-order valence-electron chi connectivity index (χ1n) is 7.09. The van der Waals surface area contributed by atoms with Gasteiger partial charge in [-0.3, -0.25) is 0 Å². The lowest BCUT2D eigenvalue weighted by Gasteiger charge is -2.21. The molecule has 1 atom stereocenters. The summed E-state index contributed by atoms with van der Waals surface area (Å²) in [6.07, 6.45) is 6.46. The van der Waals surface area contributed by atoms with E-state index in [-0.39, 0.29) is 0 Å². The summed E-state index contributed by atoms with van der Waals surface area (Å²) in [5.74, 6) is 2.29. The molecule has 0 amide bonds. The highest BCUT2D eigenvalue weighted by molar-refractivity contribution is 5.21. The molecule has 1 saturated carbocycles. The fraction of sp³-hybridized carbons (Fsp3) is 0.786. The van der Waals surface area contributed by atoms with E-state index in [9.17, 15) is 0 Å². The summed E-state index contributed by atoms with van der Waals surface area (Å²) < 4.78 is 2.55. The minimum Gasteiger partial charge on any atom is -0.329 e. The molecule has 2 heterocycles. The van der Waals surface area contributed by atoms with Gasteiger partial charge < -0.3 is 9.88 Å². The molecule has 0 bridgehead atoms. The monoisotopic (exact) mass is 233 g/mol. The molecule has 1 aliphatic carbocycles. The molecular weight excluding hydrogens is 210 g/mol. The number of nitrogens with zero attached hydrogens (tertiary/aromatic N) is 2. The zero-order chi connectivity index (χ0) is 11.8. The molecule has 3 nitrogen and oxygen atoms in total. The zero-order valence-corrected chi connectivity index (χ0v) is 11.0. The molecule has 0 radical (unpaired) electrons. The Kier molecular flexibility index (Phi) is 2.95. The van der Waals surface area contributed by atoms with Crippen LogP contribution < -0.4 is 5.32 Å². The summed E-state index contributed by atoms with van der Waals surface area (Å²) in [6.45, 7) is 6.67. The van der Waals surface area contributed by atoms with Crippen LogP contribution in [0.1, 0.15) is 56.4 Å². The summed E-state index contributed by atoms with van der Waals surface area (Å²) in [7, 11) is 0. The first-order valence-corrected chi connectivity index (χ1v) is 7.09. The van der Waals surface area contributed by atoms with Crippen molar-refractivity contribution in [1.82, 2.24) is 14.9 Å². The highest BCUT2D eigenvalue weighted by Gasteiger charge is 2.27. The average molecular weight is 233 g/mol. The van der Waals surface area contributed by atoms with E-state index >= 15 is 0 Å². The molecule has 2 aliphatic rings. The molecule has 0 aromatic carbocycles. The predicted octanol–water partition coefficient (Wildman–Crippen LogP) is 2.45. The summed E-state index contributed by atoms with van der Waals surface area (Å²) in [4.78, 5) is 4.82. The van der Waals surface area contributed by atoms with Crippen molar-refractivity contribution in [3.05, 3.63) is 17.2 Å². The molecule has 1 N–H and O–H groups in total. The van der Waals surface area contributed by atoms with E-state index in [0.717, 1.165) is 31.8 Å². The highest BCUT2D eigenvalue weighted by Crippen LogP contribution is 2.37. The fourth-order valence-electron chi connectivity index (χ4n) is 3.10. The van der Waals surface area contributed by atoms with Gasteiger partial charge in [0, 0.05) is 37.7 Å². The molecule has 1 unspecified atom stereocenters. The van der Waals surface area contributed by atoms with Crippen LogP contribution in [-0.2, 0) is 19.4 Å². The van der Waals surface area contributed by atoms with Gasteiger partial charge >= 0.3 is 0 Å². The van der Waals surface area contributed by atoms with Crippen molar-refractivity contribution < 1.29 is 0 Å². The van der Waals surface area contributed by atoms with Gasteiger partial charge in [0.25, 0.3) is 0 Å². The molecule has 1 aromatic rings. The third kappa shape index (κ3) is 2.13. The Bertz CT molecular complexity index is 404. The molecule has 3 rings (SSSR count). The van der Waals surface area contributed by atoms with Crippen LogP contribution in [0.2, 0.25) is 0 Å². The number of nitrogens with one attached hydrogen (secondary N) is 1. The molecule has 94 valence electrons. The van der Waals surface area contributed by atoms with E-state index in [1.54, 1.807) is 0 Å². The van der Waals surface area contributed by atoms with E-state index in [1.807, 2.05) is 0 Å². The second kappa shape index (κ2) is 4.45. The zero-order valence-electron chi connectivity index (χ0n) is 11.0. The second-order valence-corrected chi connectivity index (χ2v) is 5.60. The van der Waals surface area contributed by atoms with Gasteiger partial charge in [-0.2, -0.15) is 0 Å². The van der Waals surface area contributed by atoms with E-state index < -0.39 is 0 Å². The van der Waals surface area contributed by atoms with Crippen molar-refractivity contribution in [3.8, 4) is 0 Å². The Hall–Kier alpha value is -0.830. The number of rotatable bonds is 4. The van der Waals surface area contributed by atoms with Crippen LogP contribution >= 0.6 is 0 Å². The van der Waals surface area contributed by atoms with Crippen LogP contribution in [0.5, 0.6) is 0 Å². The number of hydrogen-bond acceptors (Lipinski definition) is 2. The van der Waals surface area contributed by atoms with Crippen LogP contribution in [-0.4, -0.2) is 16.1 Å². The van der Waals surface area contributed by atoms with Gasteiger partial charge in [0.2, 0.25) is 0 Å². The Morgan fingerprint density at radius 1 is 1.47 bits per heavy atom. The Balaban J connectivity index is 1.91. The van der Waals surface area contributed by atoms with Crippen molar-refractivity contribution in [2.45, 2.75) is 58.5 Å². The molecule has 1 aromatic heterocycles. The summed E-state index contributed by atoms with van der Waals surface area (Å²) >= 11 is 0. The van der Waals surface area contributed by atoms with Crippen molar-refractivity contribution in [2.75, 3.05) is 6.54 Å². The van der Waals surface area contributed by atoms with Crippen LogP contribution in [0.3, 0.4) is 0 Å². The van der Waals surface area contributed by atoms with Crippen molar-refractivity contribution in [2.24, 2.45) is 5.92 Å². The molecule has 3 heteroatoms. The molecule has 1 fully saturated rings. The molecule has 0 spiro atoms. The van der Waals surface area contributed by atoms with Gasteiger partial charge in [0.05, 0.1) is 5.69 Å². The average Bonchev–Trinajstić information content (AvgIpc) is 3.06. The maximum atomic E-state index is 4.82. The maximum Gasteiger partial charge on any atom is 0.109 e. The largest absolute Gasteiger partial charge is 0.329 e. The van der Waals surface area contributed by atoms with E-state index in [0.29, 0.717) is 6.04 Å². The number of fused-ring (bicyclic) bond motifs is 1. The predicted molar refractivity (Wildman–Crippen MR) is 69.1 cm³/mol. The van der Waals surface area contributed by atoms with E-state index in [1.165, 1.54) is 36.5 Å². The SMILES string of the molecule is CCc1nc2c(n1C(C)CC1CC1)CCNC2. The van der Waals surface area contributed by atoms with Gasteiger partial charge in [-0.25, -0.2) is 4.98 Å². The smallest absolute Gasteiger partial charge is 0.109 e. The van der Waals surface area contributed by atoms with Crippen molar-refractivity contribution >= 4 is 0 Å². The van der Waals surface area contributed by atoms with Gasteiger partial charge in [0.15, 0.2) is 0 Å². The fourth-order valence-corrected chi connectivity index (χ4v) is 3.10. The molecule has 0 saturated heterocycles. The van der Waals surface area contributed by atoms with Crippen molar-refractivity contribution in [1.29, 1.82) is 0 Å². The third-order valence-corrected chi connectivity index (χ3v) is 4.13. The summed E-state index contributed by atoms with van der Waals surface area (Å²) in [5, 5.41) is 3.42. The van der Waals surface area contributed by atoms with E-state index in [2.05, 4.69) is 23.7 Å². The topological polar surface area (TPSA) is 29.9 Å². The normalized spacial score (nSPS) is 21.3. The number of imidazole rings is 1. The van der Waals surface area contributed by atoms with Crippen LogP contribution in [0, 0.1) is 5.92 Å². The van der Waals surface area contributed by atoms with E-state index in [4.69, 9.17) is 4.98 Å². The standard InChI is InChI=1S/C14H23N3/c1-3-14-16-12-9-15-7-6-13(12)17(14)10(2)8-11-4-5-11/h10-11,15H,3-9H2,1-2H3. The first kappa shape index (κ1) is 11.3. The maximum absolute atomic E-state index is 4.82. The van der Waals surface area contributed by atoms with Gasteiger partial charge in [0.1, 0.15) is 5.82 Å². The third-order valence-electron chi connectivity index (χ3n) is 4.13. The Morgan fingerprint density at radius 2 is 2.29 bits per heavy atom. The number of aryl methyl sites for hydroxylation is 1.